The number of hydrogen-bond donors (Lipinski definition) is 1. The van der Waals surface area contributed by atoms with Crippen LogP contribution in [0.2, 0.25) is 0 Å². The van der Waals surface area contributed by atoms with Crippen molar-refractivity contribution in [2.24, 2.45) is 0 Å². The van der Waals surface area contributed by atoms with Crippen molar-refractivity contribution in [2.75, 3.05) is 5.73 Å². The summed E-state index contributed by atoms with van der Waals surface area (Å²) in [6.45, 7) is 0.0330. The third-order valence-corrected chi connectivity index (χ3v) is 2.39. The van der Waals surface area contributed by atoms with E-state index in [4.69, 9.17) is 10.5 Å². The number of nitrogens with two attached hydrogens (primary N) is 1. The average molecular weight is 243 g/mol. The van der Waals surface area contributed by atoms with E-state index in [9.17, 15) is 8.78 Å². The molecule has 0 fully saturated rings. The fraction of sp³-hybridized carbons (Fsp3) is 0.111. The lowest BCUT2D eigenvalue weighted by molar-refractivity contribution is 0.298. The van der Waals surface area contributed by atoms with Crippen molar-refractivity contribution in [3.8, 4) is 5.75 Å². The Morgan fingerprint density at radius 1 is 1.25 bits per heavy atom. The van der Waals surface area contributed by atoms with E-state index in [-0.39, 0.29) is 12.4 Å². The lowest BCUT2D eigenvalue weighted by atomic mass is 10.3. The van der Waals surface area contributed by atoms with Crippen LogP contribution in [-0.2, 0) is 6.61 Å². The normalized spacial score (nSPS) is 10.4. The maximum absolute atomic E-state index is 12.8. The van der Waals surface area contributed by atoms with E-state index in [1.807, 2.05) is 0 Å². The quantitative estimate of drug-likeness (QED) is 0.895. The minimum Gasteiger partial charge on any atom is -0.487 e. The zero-order chi connectivity index (χ0) is 11.5. The monoisotopic (exact) mass is 243 g/mol. The molecule has 0 saturated carbocycles. The van der Waals surface area contributed by atoms with Crippen molar-refractivity contribution >= 4 is 16.5 Å². The largest absolute Gasteiger partial charge is 0.487 e. The molecular formula is C9H7F2N3OS. The summed E-state index contributed by atoms with van der Waals surface area (Å²) in [5.74, 6) is -1.30. The Balaban J connectivity index is 2.07. The SMILES string of the molecule is Nc1snnc1COc1cc(F)cc(F)c1. The first-order chi connectivity index (χ1) is 7.65. The number of hydrogen-bond acceptors (Lipinski definition) is 5. The third kappa shape index (κ3) is 2.43. The lowest BCUT2D eigenvalue weighted by Crippen LogP contribution is -1.99. The van der Waals surface area contributed by atoms with Crippen LogP contribution in [0.3, 0.4) is 0 Å². The molecule has 0 atom stereocenters. The summed E-state index contributed by atoms with van der Waals surface area (Å²) in [6, 6.07) is 2.93. The molecule has 2 N–H and O–H groups in total. The number of nitrogens with zero attached hydrogens (tertiary/aromatic N) is 2. The molecular weight excluding hydrogens is 236 g/mol. The third-order valence-electron chi connectivity index (χ3n) is 1.80. The summed E-state index contributed by atoms with van der Waals surface area (Å²) >= 11 is 1.03. The Morgan fingerprint density at radius 3 is 2.50 bits per heavy atom. The van der Waals surface area contributed by atoms with E-state index < -0.39 is 11.6 Å². The molecule has 0 aliphatic rings. The molecule has 0 unspecified atom stereocenters. The Labute approximate surface area is 93.8 Å². The van der Waals surface area contributed by atoms with Gasteiger partial charge in [0.2, 0.25) is 0 Å². The van der Waals surface area contributed by atoms with Crippen molar-refractivity contribution < 1.29 is 13.5 Å². The number of nitrogen functional groups attached to an aromatic ring is 1. The number of rotatable bonds is 3. The molecule has 84 valence electrons. The molecule has 4 nitrogen and oxygen atoms in total. The van der Waals surface area contributed by atoms with Crippen molar-refractivity contribution in [3.63, 3.8) is 0 Å². The summed E-state index contributed by atoms with van der Waals surface area (Å²) in [7, 11) is 0. The molecule has 16 heavy (non-hydrogen) atoms. The molecule has 1 aromatic heterocycles. The first-order valence-electron chi connectivity index (χ1n) is 4.31. The molecule has 0 radical (unpaired) electrons. The van der Waals surface area contributed by atoms with Crippen LogP contribution in [0.1, 0.15) is 5.69 Å². The average Bonchev–Trinajstić information content (AvgIpc) is 2.59. The van der Waals surface area contributed by atoms with Crippen LogP contribution >= 0.6 is 11.5 Å². The maximum Gasteiger partial charge on any atom is 0.136 e. The van der Waals surface area contributed by atoms with E-state index in [1.165, 1.54) is 0 Å². The number of ether oxygens (including phenoxy) is 1. The second kappa shape index (κ2) is 4.40. The lowest BCUT2D eigenvalue weighted by Gasteiger charge is -2.04. The highest BCUT2D eigenvalue weighted by Gasteiger charge is 2.06. The molecule has 2 aromatic rings. The molecule has 0 aliphatic heterocycles. The van der Waals surface area contributed by atoms with Crippen LogP contribution in [0.25, 0.3) is 0 Å². The van der Waals surface area contributed by atoms with E-state index in [0.29, 0.717) is 10.7 Å². The van der Waals surface area contributed by atoms with Crippen molar-refractivity contribution in [3.05, 3.63) is 35.5 Å². The number of benzene rings is 1. The molecule has 0 amide bonds. The first kappa shape index (κ1) is 10.7. The van der Waals surface area contributed by atoms with E-state index in [2.05, 4.69) is 9.59 Å². The van der Waals surface area contributed by atoms with Gasteiger partial charge in [-0.15, -0.1) is 5.10 Å². The minimum absolute atomic E-state index is 0.0330. The predicted molar refractivity (Wildman–Crippen MR) is 55.0 cm³/mol. The van der Waals surface area contributed by atoms with E-state index in [1.54, 1.807) is 0 Å². The van der Waals surface area contributed by atoms with Crippen LogP contribution in [-0.4, -0.2) is 9.59 Å². The van der Waals surface area contributed by atoms with Gasteiger partial charge in [-0.1, -0.05) is 4.49 Å². The van der Waals surface area contributed by atoms with Crippen LogP contribution < -0.4 is 10.5 Å². The van der Waals surface area contributed by atoms with Crippen LogP contribution in [0.5, 0.6) is 5.75 Å². The van der Waals surface area contributed by atoms with Gasteiger partial charge in [0, 0.05) is 29.7 Å². The van der Waals surface area contributed by atoms with Crippen LogP contribution in [0, 0.1) is 11.6 Å². The zero-order valence-electron chi connectivity index (χ0n) is 7.98. The van der Waals surface area contributed by atoms with Gasteiger partial charge in [-0.25, -0.2) is 8.78 Å². The molecule has 0 saturated heterocycles. The fourth-order valence-electron chi connectivity index (χ4n) is 1.08. The Bertz CT molecular complexity index is 483. The molecule has 1 heterocycles. The smallest absolute Gasteiger partial charge is 0.136 e. The van der Waals surface area contributed by atoms with Crippen molar-refractivity contribution in [2.45, 2.75) is 6.61 Å². The van der Waals surface area contributed by atoms with Crippen LogP contribution in [0.15, 0.2) is 18.2 Å². The molecule has 7 heteroatoms. The number of halogens is 2. The maximum atomic E-state index is 12.8. The first-order valence-corrected chi connectivity index (χ1v) is 5.08. The van der Waals surface area contributed by atoms with Gasteiger partial charge in [0.05, 0.1) is 0 Å². The topological polar surface area (TPSA) is 61.0 Å². The summed E-state index contributed by atoms with van der Waals surface area (Å²) in [5.41, 5.74) is 5.98. The van der Waals surface area contributed by atoms with Gasteiger partial charge in [-0.05, 0) is 0 Å². The van der Waals surface area contributed by atoms with Gasteiger partial charge in [-0.3, -0.25) is 0 Å². The summed E-state index contributed by atoms with van der Waals surface area (Å²) in [5, 5.41) is 4.13. The van der Waals surface area contributed by atoms with E-state index >= 15 is 0 Å². The molecule has 0 spiro atoms. The van der Waals surface area contributed by atoms with Gasteiger partial charge in [-0.2, -0.15) is 0 Å². The highest BCUT2D eigenvalue weighted by molar-refractivity contribution is 7.09. The van der Waals surface area contributed by atoms with Crippen molar-refractivity contribution in [1.82, 2.24) is 9.59 Å². The minimum atomic E-state index is -0.695. The van der Waals surface area contributed by atoms with Crippen molar-refractivity contribution in [1.29, 1.82) is 0 Å². The Hall–Kier alpha value is -1.76. The van der Waals surface area contributed by atoms with Crippen LogP contribution in [0.4, 0.5) is 13.8 Å². The number of aromatic nitrogens is 2. The Kier molecular flexibility index (Phi) is 2.95. The standard InChI is InChI=1S/C9H7F2N3OS/c10-5-1-6(11)3-7(2-5)15-4-8-9(12)16-14-13-8/h1-3H,4,12H2. The molecule has 0 bridgehead atoms. The second-order valence-electron chi connectivity index (χ2n) is 2.98. The number of anilines is 1. The predicted octanol–water partition coefficient (Wildman–Crippen LogP) is 1.98. The summed E-state index contributed by atoms with van der Waals surface area (Å²) < 4.78 is 34.3. The second-order valence-corrected chi connectivity index (χ2v) is 3.76. The highest BCUT2D eigenvalue weighted by atomic mass is 32.1. The molecule has 1 aromatic carbocycles. The highest BCUT2D eigenvalue weighted by Crippen LogP contribution is 2.19. The zero-order valence-corrected chi connectivity index (χ0v) is 8.80. The van der Waals surface area contributed by atoms with Gasteiger partial charge in [0.15, 0.2) is 0 Å². The van der Waals surface area contributed by atoms with Gasteiger partial charge in [0.25, 0.3) is 0 Å². The summed E-state index contributed by atoms with van der Waals surface area (Å²) in [4.78, 5) is 0. The molecule has 0 aliphatic carbocycles. The Morgan fingerprint density at radius 2 is 1.94 bits per heavy atom. The molecule has 2 rings (SSSR count). The van der Waals surface area contributed by atoms with Gasteiger partial charge >= 0.3 is 0 Å². The van der Waals surface area contributed by atoms with E-state index in [0.717, 1.165) is 29.7 Å². The van der Waals surface area contributed by atoms with Gasteiger partial charge in [0.1, 0.15) is 34.7 Å². The fourth-order valence-corrected chi connectivity index (χ4v) is 1.51. The summed E-state index contributed by atoms with van der Waals surface area (Å²) in [6.07, 6.45) is 0. The van der Waals surface area contributed by atoms with Gasteiger partial charge < -0.3 is 10.5 Å².